The van der Waals surface area contributed by atoms with Crippen molar-refractivity contribution in [3.05, 3.63) is 35.1 Å². The Kier molecular flexibility index (Phi) is 6.26. The van der Waals surface area contributed by atoms with Gasteiger partial charge in [0.15, 0.2) is 0 Å². The zero-order chi connectivity index (χ0) is 18.5. The van der Waals surface area contributed by atoms with Gasteiger partial charge in [0.25, 0.3) is 0 Å². The summed E-state index contributed by atoms with van der Waals surface area (Å²) in [5.74, 6) is 0.468. The standard InChI is InChI=1S/C21H28FN3O/c1-16(26)25-10-4-2-3-5-21(25)18-8-11-24(12-9-18)15-19-7-6-17(14-23)13-20(19)22/h6-7,13,18,21H,2-5,8-12,15H2,1H3/t21-/m1/s1. The van der Waals surface area contributed by atoms with E-state index in [9.17, 15) is 9.18 Å². The lowest BCUT2D eigenvalue weighted by Gasteiger charge is -2.40. The zero-order valence-electron chi connectivity index (χ0n) is 15.6. The van der Waals surface area contributed by atoms with E-state index < -0.39 is 0 Å². The summed E-state index contributed by atoms with van der Waals surface area (Å²) in [6, 6.07) is 7.08. The molecule has 5 heteroatoms. The summed E-state index contributed by atoms with van der Waals surface area (Å²) in [7, 11) is 0. The van der Waals surface area contributed by atoms with Gasteiger partial charge in [0.1, 0.15) is 5.82 Å². The second kappa shape index (κ2) is 8.64. The SMILES string of the molecule is CC(=O)N1CCCCC[C@@H]1C1CCN(Cc2ccc(C#N)cc2F)CC1. The second-order valence-electron chi connectivity index (χ2n) is 7.66. The number of carbonyl (C=O) groups is 1. The maximum absolute atomic E-state index is 14.1. The molecule has 0 radical (unpaired) electrons. The van der Waals surface area contributed by atoms with Gasteiger partial charge in [0.2, 0.25) is 5.91 Å². The Labute approximate surface area is 155 Å². The molecule has 0 aromatic heterocycles. The predicted octanol–water partition coefficient (Wildman–Crippen LogP) is 3.70. The third-order valence-corrected chi connectivity index (χ3v) is 5.96. The van der Waals surface area contributed by atoms with Crippen LogP contribution in [0, 0.1) is 23.1 Å². The van der Waals surface area contributed by atoms with Crippen LogP contribution in [0.15, 0.2) is 18.2 Å². The molecule has 0 aliphatic carbocycles. The zero-order valence-corrected chi connectivity index (χ0v) is 15.6. The van der Waals surface area contributed by atoms with Crippen molar-refractivity contribution in [1.29, 1.82) is 5.26 Å². The van der Waals surface area contributed by atoms with E-state index in [-0.39, 0.29) is 11.7 Å². The second-order valence-corrected chi connectivity index (χ2v) is 7.66. The Morgan fingerprint density at radius 3 is 2.62 bits per heavy atom. The van der Waals surface area contributed by atoms with Gasteiger partial charge in [-0.15, -0.1) is 0 Å². The van der Waals surface area contributed by atoms with Crippen LogP contribution in [0.3, 0.4) is 0 Å². The van der Waals surface area contributed by atoms with Crippen LogP contribution in [-0.4, -0.2) is 41.4 Å². The fraction of sp³-hybridized carbons (Fsp3) is 0.619. The molecule has 1 amide bonds. The molecule has 1 atom stereocenters. The van der Waals surface area contributed by atoms with Crippen LogP contribution in [-0.2, 0) is 11.3 Å². The molecule has 0 saturated carbocycles. The number of carbonyl (C=O) groups excluding carboxylic acids is 1. The summed E-state index contributed by atoms with van der Waals surface area (Å²) >= 11 is 0. The van der Waals surface area contributed by atoms with Crippen LogP contribution in [0.5, 0.6) is 0 Å². The highest BCUT2D eigenvalue weighted by molar-refractivity contribution is 5.73. The molecule has 140 valence electrons. The lowest BCUT2D eigenvalue weighted by Crippen LogP contribution is -2.47. The molecule has 0 N–H and O–H groups in total. The van der Waals surface area contributed by atoms with Gasteiger partial charge in [-0.3, -0.25) is 9.69 Å². The van der Waals surface area contributed by atoms with Crippen LogP contribution in [0.1, 0.15) is 56.6 Å². The first-order valence-corrected chi connectivity index (χ1v) is 9.76. The lowest BCUT2D eigenvalue weighted by molar-refractivity contribution is -0.132. The highest BCUT2D eigenvalue weighted by Crippen LogP contribution is 2.30. The van der Waals surface area contributed by atoms with Crippen molar-refractivity contribution in [2.24, 2.45) is 5.92 Å². The number of piperidine rings is 1. The third kappa shape index (κ3) is 4.42. The molecular weight excluding hydrogens is 329 g/mol. The van der Waals surface area contributed by atoms with Crippen LogP contribution < -0.4 is 0 Å². The topological polar surface area (TPSA) is 47.3 Å². The molecule has 26 heavy (non-hydrogen) atoms. The molecular formula is C21H28FN3O. The third-order valence-electron chi connectivity index (χ3n) is 5.96. The van der Waals surface area contributed by atoms with Crippen molar-refractivity contribution in [1.82, 2.24) is 9.80 Å². The monoisotopic (exact) mass is 357 g/mol. The van der Waals surface area contributed by atoms with Crippen molar-refractivity contribution in [2.75, 3.05) is 19.6 Å². The van der Waals surface area contributed by atoms with Gasteiger partial charge in [-0.25, -0.2) is 4.39 Å². The summed E-state index contributed by atoms with van der Waals surface area (Å²) < 4.78 is 14.1. The van der Waals surface area contributed by atoms with Crippen molar-refractivity contribution < 1.29 is 9.18 Å². The molecule has 2 aliphatic rings. The van der Waals surface area contributed by atoms with Crippen molar-refractivity contribution in [3.63, 3.8) is 0 Å². The first-order chi connectivity index (χ1) is 12.6. The average molecular weight is 357 g/mol. The minimum absolute atomic E-state index is 0.207. The largest absolute Gasteiger partial charge is 0.340 e. The summed E-state index contributed by atoms with van der Waals surface area (Å²) in [5.41, 5.74) is 1.02. The molecule has 2 fully saturated rings. The number of likely N-dealkylation sites (tertiary alicyclic amines) is 2. The normalized spacial score (nSPS) is 22.7. The van der Waals surface area contributed by atoms with E-state index in [1.54, 1.807) is 19.1 Å². The van der Waals surface area contributed by atoms with Gasteiger partial charge in [-0.2, -0.15) is 5.26 Å². The van der Waals surface area contributed by atoms with Crippen molar-refractivity contribution in [2.45, 2.75) is 58.0 Å². The fourth-order valence-corrected chi connectivity index (χ4v) is 4.50. The van der Waals surface area contributed by atoms with Gasteiger partial charge in [-0.05, 0) is 56.8 Å². The number of benzene rings is 1. The average Bonchev–Trinajstić information content (AvgIpc) is 2.90. The molecule has 0 spiro atoms. The first-order valence-electron chi connectivity index (χ1n) is 9.76. The van der Waals surface area contributed by atoms with Gasteiger partial charge in [0, 0.05) is 31.6 Å². The maximum atomic E-state index is 14.1. The van der Waals surface area contributed by atoms with Crippen LogP contribution in [0.2, 0.25) is 0 Å². The number of rotatable bonds is 3. The van der Waals surface area contributed by atoms with E-state index in [0.29, 0.717) is 29.6 Å². The van der Waals surface area contributed by atoms with Crippen LogP contribution >= 0.6 is 0 Å². The summed E-state index contributed by atoms with van der Waals surface area (Å²) in [6.07, 6.45) is 6.79. The predicted molar refractivity (Wildman–Crippen MR) is 98.8 cm³/mol. The quantitative estimate of drug-likeness (QED) is 0.829. The Bertz CT molecular complexity index is 676. The van der Waals surface area contributed by atoms with E-state index in [1.807, 2.05) is 6.07 Å². The smallest absolute Gasteiger partial charge is 0.219 e. The van der Waals surface area contributed by atoms with Crippen molar-refractivity contribution >= 4 is 5.91 Å². The van der Waals surface area contributed by atoms with E-state index in [0.717, 1.165) is 45.3 Å². The number of nitrogens with zero attached hydrogens (tertiary/aromatic N) is 3. The number of nitriles is 1. The van der Waals surface area contributed by atoms with Gasteiger partial charge in [0.05, 0.1) is 11.6 Å². The van der Waals surface area contributed by atoms with E-state index >= 15 is 0 Å². The fourth-order valence-electron chi connectivity index (χ4n) is 4.50. The minimum Gasteiger partial charge on any atom is -0.340 e. The number of hydrogen-bond acceptors (Lipinski definition) is 3. The molecule has 0 bridgehead atoms. The van der Waals surface area contributed by atoms with Crippen molar-refractivity contribution in [3.8, 4) is 6.07 Å². The molecule has 3 rings (SSSR count). The molecule has 1 aromatic rings. The molecule has 2 saturated heterocycles. The van der Waals surface area contributed by atoms with Crippen LogP contribution in [0.25, 0.3) is 0 Å². The Morgan fingerprint density at radius 2 is 1.96 bits per heavy atom. The molecule has 4 nitrogen and oxygen atoms in total. The Hall–Kier alpha value is -1.93. The number of hydrogen-bond donors (Lipinski definition) is 0. The van der Waals surface area contributed by atoms with E-state index in [2.05, 4.69) is 9.80 Å². The molecule has 1 aromatic carbocycles. The molecule has 0 unspecified atom stereocenters. The maximum Gasteiger partial charge on any atom is 0.219 e. The summed E-state index contributed by atoms with van der Waals surface area (Å²) in [6.45, 7) is 5.06. The van der Waals surface area contributed by atoms with Gasteiger partial charge < -0.3 is 4.90 Å². The van der Waals surface area contributed by atoms with Gasteiger partial charge in [-0.1, -0.05) is 18.9 Å². The Morgan fingerprint density at radius 1 is 1.19 bits per heavy atom. The minimum atomic E-state index is -0.294. The van der Waals surface area contributed by atoms with E-state index in [1.165, 1.54) is 18.9 Å². The molecule has 2 heterocycles. The number of halogens is 1. The Balaban J connectivity index is 1.58. The molecule has 2 aliphatic heterocycles. The number of amides is 1. The highest BCUT2D eigenvalue weighted by Gasteiger charge is 2.32. The van der Waals surface area contributed by atoms with Gasteiger partial charge >= 0.3 is 0 Å². The van der Waals surface area contributed by atoms with E-state index in [4.69, 9.17) is 5.26 Å². The summed E-state index contributed by atoms with van der Waals surface area (Å²) in [5, 5.41) is 8.85. The first kappa shape index (κ1) is 18.8. The summed E-state index contributed by atoms with van der Waals surface area (Å²) in [4.78, 5) is 16.4. The lowest BCUT2D eigenvalue weighted by atomic mass is 9.86. The van der Waals surface area contributed by atoms with Crippen LogP contribution in [0.4, 0.5) is 4.39 Å². The highest BCUT2D eigenvalue weighted by atomic mass is 19.1.